The number of hydrogen-bond acceptors (Lipinski definition) is 12. The van der Waals surface area contributed by atoms with Gasteiger partial charge in [-0.3, -0.25) is 4.79 Å². The lowest BCUT2D eigenvalue weighted by atomic mass is 9.97. The summed E-state index contributed by atoms with van der Waals surface area (Å²) in [6.45, 7) is -0.168. The zero-order valence-electron chi connectivity index (χ0n) is 14.8. The maximum absolute atomic E-state index is 11.4. The van der Waals surface area contributed by atoms with Crippen LogP contribution in [0.25, 0.3) is 0 Å². The van der Waals surface area contributed by atoms with Gasteiger partial charge in [0, 0.05) is 14.0 Å². The third kappa shape index (κ3) is 4.74. The molecule has 12 heteroatoms. The number of carbonyl (C=O) groups excluding carboxylic acids is 1. The number of hydrogen-bond donors (Lipinski definition) is 6. The van der Waals surface area contributed by atoms with Crippen LogP contribution in [0.1, 0.15) is 6.92 Å². The molecule has 0 bridgehead atoms. The lowest BCUT2D eigenvalue weighted by Crippen LogP contribution is -2.65. The van der Waals surface area contributed by atoms with Gasteiger partial charge in [-0.2, -0.15) is 0 Å². The third-order valence-corrected chi connectivity index (χ3v) is 4.47. The molecule has 0 aliphatic carbocycles. The van der Waals surface area contributed by atoms with Gasteiger partial charge in [0.25, 0.3) is 0 Å². The summed E-state index contributed by atoms with van der Waals surface area (Å²) in [6.07, 6.45) is -14.4. The average molecular weight is 398 g/mol. The first-order valence-electron chi connectivity index (χ1n) is 8.35. The fourth-order valence-corrected chi connectivity index (χ4v) is 3.04. The molecule has 158 valence electrons. The molecular formula is C15H26O12. The van der Waals surface area contributed by atoms with E-state index < -0.39 is 80.6 Å². The number of aliphatic hydroxyl groups is 6. The van der Waals surface area contributed by atoms with E-state index in [1.165, 1.54) is 7.11 Å². The smallest absolute Gasteiger partial charge is 0.303 e. The number of rotatable bonds is 6. The van der Waals surface area contributed by atoms with Gasteiger partial charge in [0.15, 0.2) is 18.7 Å². The Bertz CT molecular complexity index is 487. The molecule has 0 unspecified atom stereocenters. The summed E-state index contributed by atoms with van der Waals surface area (Å²) < 4.78 is 26.3. The molecule has 2 heterocycles. The van der Waals surface area contributed by atoms with Gasteiger partial charge in [-0.05, 0) is 0 Å². The van der Waals surface area contributed by atoms with Gasteiger partial charge in [0.1, 0.15) is 42.7 Å². The maximum Gasteiger partial charge on any atom is 0.303 e. The maximum atomic E-state index is 11.4. The molecule has 2 saturated heterocycles. The van der Waals surface area contributed by atoms with E-state index in [1.54, 1.807) is 0 Å². The van der Waals surface area contributed by atoms with E-state index >= 15 is 0 Å². The van der Waals surface area contributed by atoms with Crippen LogP contribution in [0.2, 0.25) is 0 Å². The standard InChI is InChI=1S/C15H26O12/c1-5(18)24-13-12(9(20)7(4-17)26-15(13)23-2)27-14-11(22)10(21)8(19)6(3-16)25-14/h6-17,19-22H,3-4H2,1-2H3/t6-,7-,8+,9+,10+,11-,12+,13-,14+,15-/m1/s1. The van der Waals surface area contributed by atoms with Crippen LogP contribution < -0.4 is 0 Å². The Kier molecular flexibility index (Phi) is 7.88. The molecule has 0 spiro atoms. The molecule has 6 N–H and O–H groups in total. The van der Waals surface area contributed by atoms with Crippen molar-refractivity contribution in [3.05, 3.63) is 0 Å². The van der Waals surface area contributed by atoms with E-state index in [2.05, 4.69) is 0 Å². The summed E-state index contributed by atoms with van der Waals surface area (Å²) >= 11 is 0. The second-order valence-electron chi connectivity index (χ2n) is 6.32. The minimum Gasteiger partial charge on any atom is -0.454 e. The Labute approximate surface area is 154 Å². The lowest BCUT2D eigenvalue weighted by molar-refractivity contribution is -0.358. The van der Waals surface area contributed by atoms with Crippen LogP contribution in [0.4, 0.5) is 0 Å². The average Bonchev–Trinajstić information content (AvgIpc) is 2.64. The molecular weight excluding hydrogens is 372 g/mol. The molecule has 0 aromatic carbocycles. The lowest BCUT2D eigenvalue weighted by Gasteiger charge is -2.46. The van der Waals surface area contributed by atoms with E-state index in [4.69, 9.17) is 23.7 Å². The Morgan fingerprint density at radius 1 is 0.852 bits per heavy atom. The minimum absolute atomic E-state index is 0.609. The normalized spacial score (nSPS) is 45.5. The van der Waals surface area contributed by atoms with E-state index in [-0.39, 0.29) is 0 Å². The molecule has 2 aliphatic heterocycles. The topological polar surface area (TPSA) is 185 Å². The summed E-state index contributed by atoms with van der Waals surface area (Å²) in [5, 5.41) is 58.9. The monoisotopic (exact) mass is 398 g/mol. The molecule has 2 fully saturated rings. The van der Waals surface area contributed by atoms with Gasteiger partial charge >= 0.3 is 5.97 Å². The Hall–Kier alpha value is -0.930. The van der Waals surface area contributed by atoms with E-state index in [9.17, 15) is 35.4 Å². The van der Waals surface area contributed by atoms with Gasteiger partial charge in [-0.15, -0.1) is 0 Å². The van der Waals surface area contributed by atoms with Crippen molar-refractivity contribution in [1.29, 1.82) is 0 Å². The van der Waals surface area contributed by atoms with Gasteiger partial charge < -0.3 is 54.3 Å². The van der Waals surface area contributed by atoms with Crippen LogP contribution >= 0.6 is 0 Å². The molecule has 0 amide bonds. The molecule has 0 radical (unpaired) electrons. The Balaban J connectivity index is 2.25. The first-order valence-corrected chi connectivity index (χ1v) is 8.35. The molecule has 27 heavy (non-hydrogen) atoms. The van der Waals surface area contributed by atoms with E-state index in [1.807, 2.05) is 0 Å². The van der Waals surface area contributed by atoms with Crippen molar-refractivity contribution in [2.75, 3.05) is 20.3 Å². The number of methoxy groups -OCH3 is 1. The highest BCUT2D eigenvalue weighted by molar-refractivity contribution is 5.66. The van der Waals surface area contributed by atoms with Crippen LogP contribution in [0.3, 0.4) is 0 Å². The Morgan fingerprint density at radius 2 is 1.41 bits per heavy atom. The van der Waals surface area contributed by atoms with Crippen molar-refractivity contribution in [3.8, 4) is 0 Å². The predicted octanol–water partition coefficient (Wildman–Crippen LogP) is -4.17. The summed E-state index contributed by atoms with van der Waals surface area (Å²) in [5.41, 5.74) is 0. The predicted molar refractivity (Wildman–Crippen MR) is 83.0 cm³/mol. The second kappa shape index (κ2) is 9.52. The van der Waals surface area contributed by atoms with Crippen molar-refractivity contribution in [2.45, 2.75) is 68.3 Å². The number of ether oxygens (including phenoxy) is 5. The minimum atomic E-state index is -1.73. The van der Waals surface area contributed by atoms with Crippen LogP contribution in [-0.2, 0) is 28.5 Å². The summed E-state index contributed by atoms with van der Waals surface area (Å²) in [5.74, 6) is -0.734. The molecule has 0 saturated carbocycles. The largest absolute Gasteiger partial charge is 0.454 e. The molecule has 2 aliphatic rings. The SMILES string of the molecule is CO[C@@H]1O[C@H](CO)[C@H](O)[C@H](O[C@@H]2O[C@H](CO)[C@H](O)[C@H](O)[C@H]2O)[C@H]1OC(C)=O. The highest BCUT2D eigenvalue weighted by atomic mass is 16.7. The quantitative estimate of drug-likeness (QED) is 0.238. The van der Waals surface area contributed by atoms with Crippen LogP contribution in [0, 0.1) is 0 Å². The van der Waals surface area contributed by atoms with Gasteiger partial charge in [0.2, 0.25) is 0 Å². The van der Waals surface area contributed by atoms with Crippen molar-refractivity contribution < 1.29 is 59.1 Å². The highest BCUT2D eigenvalue weighted by Gasteiger charge is 2.52. The second-order valence-corrected chi connectivity index (χ2v) is 6.32. The van der Waals surface area contributed by atoms with E-state index in [0.717, 1.165) is 6.92 Å². The first kappa shape index (κ1) is 22.4. The van der Waals surface area contributed by atoms with Crippen molar-refractivity contribution in [2.24, 2.45) is 0 Å². The summed E-state index contributed by atoms with van der Waals surface area (Å²) in [4.78, 5) is 11.4. The summed E-state index contributed by atoms with van der Waals surface area (Å²) in [7, 11) is 1.25. The zero-order chi connectivity index (χ0) is 20.3. The number of aliphatic hydroxyl groups excluding tert-OH is 6. The Morgan fingerprint density at radius 3 is 1.93 bits per heavy atom. The number of carbonyl (C=O) groups is 1. The molecule has 2 rings (SSSR count). The van der Waals surface area contributed by atoms with Crippen LogP contribution in [-0.4, -0.2) is 118 Å². The van der Waals surface area contributed by atoms with Gasteiger partial charge in [-0.1, -0.05) is 0 Å². The molecule has 0 aromatic heterocycles. The highest BCUT2D eigenvalue weighted by Crippen LogP contribution is 2.30. The van der Waals surface area contributed by atoms with Crippen LogP contribution in [0.5, 0.6) is 0 Å². The molecule has 10 atom stereocenters. The van der Waals surface area contributed by atoms with Crippen molar-refractivity contribution >= 4 is 5.97 Å². The fraction of sp³-hybridized carbons (Fsp3) is 0.933. The molecule has 12 nitrogen and oxygen atoms in total. The zero-order valence-corrected chi connectivity index (χ0v) is 14.8. The van der Waals surface area contributed by atoms with Crippen LogP contribution in [0.15, 0.2) is 0 Å². The fourth-order valence-electron chi connectivity index (χ4n) is 3.04. The van der Waals surface area contributed by atoms with Gasteiger partial charge in [-0.25, -0.2) is 0 Å². The van der Waals surface area contributed by atoms with Crippen molar-refractivity contribution in [3.63, 3.8) is 0 Å². The van der Waals surface area contributed by atoms with E-state index in [0.29, 0.717) is 0 Å². The number of esters is 1. The summed E-state index contributed by atoms with van der Waals surface area (Å²) in [6, 6.07) is 0. The first-order chi connectivity index (χ1) is 12.7. The van der Waals surface area contributed by atoms with Gasteiger partial charge in [0.05, 0.1) is 13.2 Å². The third-order valence-electron chi connectivity index (χ3n) is 4.47. The molecule has 0 aromatic rings. The van der Waals surface area contributed by atoms with Crippen molar-refractivity contribution in [1.82, 2.24) is 0 Å².